The zero-order valence-corrected chi connectivity index (χ0v) is 12.9. The Kier molecular flexibility index (Phi) is 4.97. The van der Waals surface area contributed by atoms with Crippen molar-refractivity contribution in [1.82, 2.24) is 4.72 Å². The van der Waals surface area contributed by atoms with E-state index >= 15 is 0 Å². The molecule has 0 aromatic heterocycles. The molecule has 8 heteroatoms. The Hall–Kier alpha value is -2.45. The van der Waals surface area contributed by atoms with Crippen molar-refractivity contribution in [2.75, 3.05) is 7.11 Å². The van der Waals surface area contributed by atoms with Gasteiger partial charge in [-0.2, -0.15) is 0 Å². The van der Waals surface area contributed by atoms with Gasteiger partial charge in [0, 0.05) is 6.54 Å². The van der Waals surface area contributed by atoms with E-state index in [1.807, 2.05) is 0 Å². The highest BCUT2D eigenvalue weighted by Gasteiger charge is 2.20. The minimum absolute atomic E-state index is 0.0664. The zero-order valence-electron chi connectivity index (χ0n) is 12.1. The van der Waals surface area contributed by atoms with Gasteiger partial charge in [0.1, 0.15) is 16.5 Å². The summed E-state index contributed by atoms with van der Waals surface area (Å²) < 4.78 is 45.3. The highest BCUT2D eigenvalue weighted by atomic mass is 32.2. The number of methoxy groups -OCH3 is 1. The molecule has 0 heterocycles. The quantitative estimate of drug-likeness (QED) is 0.840. The first-order chi connectivity index (χ1) is 10.8. The second-order valence-electron chi connectivity index (χ2n) is 4.62. The van der Waals surface area contributed by atoms with E-state index in [9.17, 15) is 17.6 Å². The number of halogens is 1. The smallest absolute Gasteiger partial charge is 0.335 e. The van der Waals surface area contributed by atoms with Gasteiger partial charge in [-0.15, -0.1) is 0 Å². The third-order valence-electron chi connectivity index (χ3n) is 3.09. The first-order valence-electron chi connectivity index (χ1n) is 6.49. The molecule has 2 rings (SSSR count). The van der Waals surface area contributed by atoms with Crippen molar-refractivity contribution < 1.29 is 27.4 Å². The summed E-state index contributed by atoms with van der Waals surface area (Å²) in [7, 11) is -2.67. The second-order valence-corrected chi connectivity index (χ2v) is 6.36. The lowest BCUT2D eigenvalue weighted by Crippen LogP contribution is -2.24. The molecule has 0 aliphatic rings. The molecule has 0 atom stereocenters. The van der Waals surface area contributed by atoms with Gasteiger partial charge < -0.3 is 9.84 Å². The summed E-state index contributed by atoms with van der Waals surface area (Å²) in [6.07, 6.45) is 0. The number of nitrogens with one attached hydrogen (secondary N) is 1. The minimum Gasteiger partial charge on any atom is -0.497 e. The largest absolute Gasteiger partial charge is 0.497 e. The summed E-state index contributed by atoms with van der Waals surface area (Å²) >= 11 is 0. The van der Waals surface area contributed by atoms with Crippen LogP contribution >= 0.6 is 0 Å². The fourth-order valence-electron chi connectivity index (χ4n) is 1.84. The first-order valence-corrected chi connectivity index (χ1v) is 7.97. The number of sulfonamides is 1. The topological polar surface area (TPSA) is 92.7 Å². The van der Waals surface area contributed by atoms with Crippen LogP contribution in [-0.2, 0) is 16.6 Å². The Morgan fingerprint density at radius 3 is 2.43 bits per heavy atom. The zero-order chi connectivity index (χ0) is 17.0. The average Bonchev–Trinajstić information content (AvgIpc) is 2.53. The predicted octanol–water partition coefficient (Wildman–Crippen LogP) is 2.01. The van der Waals surface area contributed by atoms with Crippen LogP contribution in [-0.4, -0.2) is 26.6 Å². The van der Waals surface area contributed by atoms with Gasteiger partial charge in [-0.1, -0.05) is 12.1 Å². The van der Waals surface area contributed by atoms with E-state index in [-0.39, 0.29) is 12.1 Å². The molecule has 2 aromatic rings. The van der Waals surface area contributed by atoms with Crippen molar-refractivity contribution in [1.29, 1.82) is 0 Å². The molecule has 23 heavy (non-hydrogen) atoms. The molecule has 0 fully saturated rings. The molecule has 0 aliphatic heterocycles. The van der Waals surface area contributed by atoms with E-state index in [4.69, 9.17) is 9.84 Å². The van der Waals surface area contributed by atoms with Crippen molar-refractivity contribution in [3.05, 3.63) is 59.4 Å². The van der Waals surface area contributed by atoms with Crippen LogP contribution in [0.5, 0.6) is 5.75 Å². The van der Waals surface area contributed by atoms with Gasteiger partial charge in [0.2, 0.25) is 10.0 Å². The molecule has 2 aromatic carbocycles. The Labute approximate surface area is 132 Å². The van der Waals surface area contributed by atoms with E-state index < -0.39 is 26.7 Å². The molecule has 122 valence electrons. The van der Waals surface area contributed by atoms with Crippen LogP contribution in [0.1, 0.15) is 15.9 Å². The number of ether oxygens (including phenoxy) is 1. The van der Waals surface area contributed by atoms with Crippen molar-refractivity contribution in [3.63, 3.8) is 0 Å². The van der Waals surface area contributed by atoms with Crippen molar-refractivity contribution in [2.24, 2.45) is 0 Å². The molecule has 6 nitrogen and oxygen atoms in total. The highest BCUT2D eigenvalue weighted by molar-refractivity contribution is 7.89. The van der Waals surface area contributed by atoms with Gasteiger partial charge in [0.05, 0.1) is 12.7 Å². The number of benzene rings is 2. The maximum Gasteiger partial charge on any atom is 0.335 e. The van der Waals surface area contributed by atoms with Gasteiger partial charge >= 0.3 is 5.97 Å². The summed E-state index contributed by atoms with van der Waals surface area (Å²) in [6, 6.07) is 9.24. The van der Waals surface area contributed by atoms with E-state index in [1.165, 1.54) is 7.11 Å². The van der Waals surface area contributed by atoms with Crippen molar-refractivity contribution in [2.45, 2.75) is 11.4 Å². The first kappa shape index (κ1) is 16.9. The summed E-state index contributed by atoms with van der Waals surface area (Å²) in [6.45, 7) is -0.0664. The minimum atomic E-state index is -4.18. The Morgan fingerprint density at radius 1 is 1.22 bits per heavy atom. The predicted molar refractivity (Wildman–Crippen MR) is 80.4 cm³/mol. The summed E-state index contributed by atoms with van der Waals surface area (Å²) in [5.74, 6) is -1.73. The summed E-state index contributed by atoms with van der Waals surface area (Å²) in [5, 5.41) is 8.87. The van der Waals surface area contributed by atoms with Gasteiger partial charge in [0.25, 0.3) is 0 Å². The average molecular weight is 339 g/mol. The molecule has 0 saturated heterocycles. The second kappa shape index (κ2) is 6.76. The molecule has 0 unspecified atom stereocenters. The fraction of sp³-hybridized carbons (Fsp3) is 0.133. The van der Waals surface area contributed by atoms with Crippen LogP contribution < -0.4 is 9.46 Å². The third-order valence-corrected chi connectivity index (χ3v) is 4.51. The third kappa shape index (κ3) is 4.05. The van der Waals surface area contributed by atoms with Gasteiger partial charge in [-0.3, -0.25) is 0 Å². The van der Waals surface area contributed by atoms with Crippen LogP contribution in [0.4, 0.5) is 4.39 Å². The molecule has 0 amide bonds. The fourth-order valence-corrected chi connectivity index (χ4v) is 2.96. The molecular formula is C15H14FNO5S. The monoisotopic (exact) mass is 339 g/mol. The van der Waals surface area contributed by atoms with Gasteiger partial charge in [-0.05, 0) is 35.9 Å². The molecule has 2 N–H and O–H groups in total. The number of carboxylic acids is 1. The maximum absolute atomic E-state index is 13.7. The normalized spacial score (nSPS) is 11.2. The Balaban J connectivity index is 2.21. The van der Waals surface area contributed by atoms with E-state index in [0.717, 1.165) is 18.2 Å². The number of hydrogen-bond acceptors (Lipinski definition) is 4. The number of carbonyl (C=O) groups is 1. The number of hydrogen-bond donors (Lipinski definition) is 2. The van der Waals surface area contributed by atoms with Crippen LogP contribution in [0.2, 0.25) is 0 Å². The molecular weight excluding hydrogens is 325 g/mol. The van der Waals surface area contributed by atoms with Gasteiger partial charge in [-0.25, -0.2) is 22.3 Å². The van der Waals surface area contributed by atoms with Crippen LogP contribution in [0.15, 0.2) is 47.4 Å². The number of aromatic carboxylic acids is 1. The van der Waals surface area contributed by atoms with Crippen LogP contribution in [0.25, 0.3) is 0 Å². The number of rotatable bonds is 6. The molecule has 0 aliphatic carbocycles. The van der Waals surface area contributed by atoms with E-state index in [2.05, 4.69) is 4.72 Å². The standard InChI is InChI=1S/C15H14FNO5S/c1-22-12-5-2-10(3-6-12)9-17-23(20,21)14-8-11(15(18)19)4-7-13(14)16/h2-8,17H,9H2,1H3,(H,18,19). The lowest BCUT2D eigenvalue weighted by molar-refractivity contribution is 0.0696. The van der Waals surface area contributed by atoms with Crippen molar-refractivity contribution in [3.8, 4) is 5.75 Å². The molecule has 0 spiro atoms. The molecule has 0 bridgehead atoms. The Morgan fingerprint density at radius 2 is 1.87 bits per heavy atom. The lowest BCUT2D eigenvalue weighted by Gasteiger charge is -2.09. The maximum atomic E-state index is 13.7. The molecule has 0 radical (unpaired) electrons. The van der Waals surface area contributed by atoms with Crippen LogP contribution in [0, 0.1) is 5.82 Å². The highest BCUT2D eigenvalue weighted by Crippen LogP contribution is 2.17. The summed E-state index contributed by atoms with van der Waals surface area (Å²) in [4.78, 5) is 10.2. The van der Waals surface area contributed by atoms with E-state index in [1.54, 1.807) is 24.3 Å². The summed E-state index contributed by atoms with van der Waals surface area (Å²) in [5.41, 5.74) is 0.334. The number of carboxylic acid groups (broad SMARTS) is 1. The van der Waals surface area contributed by atoms with Crippen molar-refractivity contribution >= 4 is 16.0 Å². The van der Waals surface area contributed by atoms with E-state index in [0.29, 0.717) is 11.3 Å². The van der Waals surface area contributed by atoms with Crippen LogP contribution in [0.3, 0.4) is 0 Å². The Bertz CT molecular complexity index is 818. The SMILES string of the molecule is COc1ccc(CNS(=O)(=O)c2cc(C(=O)O)ccc2F)cc1. The van der Waals surface area contributed by atoms with Gasteiger partial charge in [0.15, 0.2) is 0 Å². The molecule has 0 saturated carbocycles. The lowest BCUT2D eigenvalue weighted by atomic mass is 10.2.